The van der Waals surface area contributed by atoms with Crippen LogP contribution in [0.2, 0.25) is 0 Å². The molecule has 0 amide bonds. The fourth-order valence-electron chi connectivity index (χ4n) is 2.05. The molecular weight excluding hydrogens is 248 g/mol. The van der Waals surface area contributed by atoms with Crippen LogP contribution in [0.5, 0.6) is 11.5 Å². The Bertz CT molecular complexity index is 584. The lowest BCUT2D eigenvalue weighted by Gasteiger charge is -2.10. The van der Waals surface area contributed by atoms with Crippen LogP contribution < -0.4 is 9.47 Å². The Hall–Kier alpha value is -2.48. The Kier molecular flexibility index (Phi) is 4.26. The number of hydrogen-bond donors (Lipinski definition) is 0. The molecule has 0 aliphatic carbocycles. The lowest BCUT2D eigenvalue weighted by Crippen LogP contribution is -1.89. The first-order valence-electron chi connectivity index (χ1n) is 6.33. The van der Waals surface area contributed by atoms with Gasteiger partial charge in [-0.1, -0.05) is 25.3 Å². The standard InChI is InChI=1S/C18H18O2/c1-5-13-7-15(11-17(9-13)19-3)16-8-14(6-2)10-18(12-16)20-4/h5-12H,1-2H2,3-4H3. The third-order valence-corrected chi connectivity index (χ3v) is 3.13. The summed E-state index contributed by atoms with van der Waals surface area (Å²) >= 11 is 0. The van der Waals surface area contributed by atoms with Gasteiger partial charge in [-0.2, -0.15) is 0 Å². The van der Waals surface area contributed by atoms with E-state index in [0.717, 1.165) is 33.8 Å². The van der Waals surface area contributed by atoms with Crippen molar-refractivity contribution in [1.29, 1.82) is 0 Å². The summed E-state index contributed by atoms with van der Waals surface area (Å²) in [4.78, 5) is 0. The van der Waals surface area contributed by atoms with Crippen LogP contribution in [0.25, 0.3) is 23.3 Å². The van der Waals surface area contributed by atoms with E-state index in [1.807, 2.05) is 24.3 Å². The van der Waals surface area contributed by atoms with Crippen LogP contribution in [0.4, 0.5) is 0 Å². The van der Waals surface area contributed by atoms with E-state index in [1.165, 1.54) is 0 Å². The van der Waals surface area contributed by atoms with Gasteiger partial charge in [-0.25, -0.2) is 0 Å². The maximum Gasteiger partial charge on any atom is 0.120 e. The topological polar surface area (TPSA) is 18.5 Å². The molecular formula is C18H18O2. The Labute approximate surface area is 120 Å². The van der Waals surface area contributed by atoms with Crippen LogP contribution in [-0.4, -0.2) is 14.2 Å². The number of methoxy groups -OCH3 is 2. The minimum atomic E-state index is 0.806. The molecule has 0 saturated heterocycles. The molecule has 102 valence electrons. The average Bonchev–Trinajstić information content (AvgIpc) is 2.53. The first-order valence-corrected chi connectivity index (χ1v) is 6.33. The van der Waals surface area contributed by atoms with Gasteiger partial charge >= 0.3 is 0 Å². The van der Waals surface area contributed by atoms with Gasteiger partial charge in [-0.3, -0.25) is 0 Å². The number of ether oxygens (including phenoxy) is 2. The van der Waals surface area contributed by atoms with Crippen molar-refractivity contribution < 1.29 is 9.47 Å². The third kappa shape index (κ3) is 2.91. The van der Waals surface area contributed by atoms with Crippen molar-refractivity contribution in [3.63, 3.8) is 0 Å². The zero-order chi connectivity index (χ0) is 14.5. The monoisotopic (exact) mass is 266 g/mol. The predicted octanol–water partition coefficient (Wildman–Crippen LogP) is 4.66. The highest BCUT2D eigenvalue weighted by atomic mass is 16.5. The van der Waals surface area contributed by atoms with Crippen LogP contribution in [-0.2, 0) is 0 Å². The molecule has 0 saturated carbocycles. The molecule has 0 fully saturated rings. The van der Waals surface area contributed by atoms with Crippen LogP contribution in [0.15, 0.2) is 49.6 Å². The highest BCUT2D eigenvalue weighted by molar-refractivity contribution is 5.73. The zero-order valence-corrected chi connectivity index (χ0v) is 11.8. The van der Waals surface area contributed by atoms with E-state index in [1.54, 1.807) is 26.4 Å². The van der Waals surface area contributed by atoms with E-state index in [4.69, 9.17) is 9.47 Å². The summed E-state index contributed by atoms with van der Waals surface area (Å²) in [7, 11) is 3.32. The summed E-state index contributed by atoms with van der Waals surface area (Å²) in [5.41, 5.74) is 4.15. The van der Waals surface area contributed by atoms with Crippen LogP contribution in [0.3, 0.4) is 0 Å². The molecule has 2 nitrogen and oxygen atoms in total. The molecule has 0 aromatic heterocycles. The van der Waals surface area contributed by atoms with Gasteiger partial charge in [0.15, 0.2) is 0 Å². The molecule has 0 spiro atoms. The molecule has 0 radical (unpaired) electrons. The largest absolute Gasteiger partial charge is 0.497 e. The Morgan fingerprint density at radius 1 is 0.700 bits per heavy atom. The molecule has 0 heterocycles. The summed E-state index contributed by atoms with van der Waals surface area (Å²) in [5, 5.41) is 0. The van der Waals surface area contributed by atoms with E-state index in [9.17, 15) is 0 Å². The normalized spacial score (nSPS) is 9.90. The molecule has 0 N–H and O–H groups in total. The summed E-state index contributed by atoms with van der Waals surface area (Å²) < 4.78 is 10.7. The van der Waals surface area contributed by atoms with Gasteiger partial charge in [0, 0.05) is 0 Å². The van der Waals surface area contributed by atoms with Gasteiger partial charge in [0.2, 0.25) is 0 Å². The zero-order valence-electron chi connectivity index (χ0n) is 11.8. The number of rotatable bonds is 5. The molecule has 0 aliphatic heterocycles. The second-order valence-electron chi connectivity index (χ2n) is 4.40. The summed E-state index contributed by atoms with van der Waals surface area (Å²) in [6.07, 6.45) is 3.61. The molecule has 2 heteroatoms. The van der Waals surface area contributed by atoms with E-state index in [2.05, 4.69) is 25.3 Å². The highest BCUT2D eigenvalue weighted by Crippen LogP contribution is 2.30. The van der Waals surface area contributed by atoms with Gasteiger partial charge in [-0.05, 0) is 58.7 Å². The van der Waals surface area contributed by atoms with E-state index in [0.29, 0.717) is 0 Å². The Morgan fingerprint density at radius 2 is 1.10 bits per heavy atom. The molecule has 2 aromatic carbocycles. The fraction of sp³-hybridized carbons (Fsp3) is 0.111. The van der Waals surface area contributed by atoms with Crippen LogP contribution in [0, 0.1) is 0 Å². The molecule has 0 bridgehead atoms. The number of benzene rings is 2. The van der Waals surface area contributed by atoms with Gasteiger partial charge in [0.1, 0.15) is 11.5 Å². The van der Waals surface area contributed by atoms with Crippen molar-refractivity contribution in [2.24, 2.45) is 0 Å². The first kappa shape index (κ1) is 13.9. The van der Waals surface area contributed by atoms with Crippen LogP contribution in [0.1, 0.15) is 11.1 Å². The summed E-state index contributed by atoms with van der Waals surface area (Å²) in [5.74, 6) is 1.61. The smallest absolute Gasteiger partial charge is 0.120 e. The minimum Gasteiger partial charge on any atom is -0.497 e. The van der Waals surface area contributed by atoms with Crippen molar-refractivity contribution in [2.75, 3.05) is 14.2 Å². The van der Waals surface area contributed by atoms with Gasteiger partial charge in [-0.15, -0.1) is 0 Å². The third-order valence-electron chi connectivity index (χ3n) is 3.13. The summed E-state index contributed by atoms with van der Waals surface area (Å²) in [6.45, 7) is 7.62. The van der Waals surface area contributed by atoms with E-state index < -0.39 is 0 Å². The maximum absolute atomic E-state index is 5.33. The predicted molar refractivity (Wildman–Crippen MR) is 85.2 cm³/mol. The lowest BCUT2D eigenvalue weighted by molar-refractivity contribution is 0.414. The first-order chi connectivity index (χ1) is 9.69. The second kappa shape index (κ2) is 6.11. The maximum atomic E-state index is 5.33. The fourth-order valence-corrected chi connectivity index (χ4v) is 2.05. The molecule has 0 unspecified atom stereocenters. The molecule has 2 rings (SSSR count). The highest BCUT2D eigenvalue weighted by Gasteiger charge is 2.05. The molecule has 2 aromatic rings. The van der Waals surface area contributed by atoms with Crippen molar-refractivity contribution in [3.05, 3.63) is 60.7 Å². The average molecular weight is 266 g/mol. The summed E-state index contributed by atoms with van der Waals surface area (Å²) in [6, 6.07) is 12.0. The van der Waals surface area contributed by atoms with Gasteiger partial charge < -0.3 is 9.47 Å². The SMILES string of the molecule is C=Cc1cc(OC)cc(-c2cc(C=C)cc(OC)c2)c1. The quantitative estimate of drug-likeness (QED) is 0.783. The van der Waals surface area contributed by atoms with Crippen molar-refractivity contribution in [1.82, 2.24) is 0 Å². The Balaban J connectivity index is 2.60. The van der Waals surface area contributed by atoms with E-state index >= 15 is 0 Å². The van der Waals surface area contributed by atoms with E-state index in [-0.39, 0.29) is 0 Å². The Morgan fingerprint density at radius 3 is 1.40 bits per heavy atom. The molecule has 0 aliphatic rings. The minimum absolute atomic E-state index is 0.806. The second-order valence-corrected chi connectivity index (χ2v) is 4.40. The molecule has 20 heavy (non-hydrogen) atoms. The van der Waals surface area contributed by atoms with Crippen molar-refractivity contribution >= 4 is 12.2 Å². The van der Waals surface area contributed by atoms with Gasteiger partial charge in [0.25, 0.3) is 0 Å². The molecule has 0 atom stereocenters. The number of hydrogen-bond acceptors (Lipinski definition) is 2. The lowest BCUT2D eigenvalue weighted by atomic mass is 10.00. The van der Waals surface area contributed by atoms with Gasteiger partial charge in [0.05, 0.1) is 14.2 Å². The van der Waals surface area contributed by atoms with Crippen LogP contribution >= 0.6 is 0 Å². The van der Waals surface area contributed by atoms with Crippen molar-refractivity contribution in [3.8, 4) is 22.6 Å². The van der Waals surface area contributed by atoms with Crippen molar-refractivity contribution in [2.45, 2.75) is 0 Å².